The van der Waals surface area contributed by atoms with Crippen LogP contribution in [0.5, 0.6) is 0 Å². The third-order valence-electron chi connectivity index (χ3n) is 3.19. The van der Waals surface area contributed by atoms with Crippen LogP contribution < -0.4 is 0 Å². The van der Waals surface area contributed by atoms with Crippen molar-refractivity contribution in [2.45, 2.75) is 31.1 Å². The Bertz CT molecular complexity index is 457. The zero-order valence-electron chi connectivity index (χ0n) is 9.87. The average Bonchev–Trinajstić information content (AvgIpc) is 2.60. The Labute approximate surface area is 104 Å². The Hall–Kier alpha value is -1.03. The van der Waals surface area contributed by atoms with Crippen molar-refractivity contribution in [3.63, 3.8) is 0 Å². The van der Waals surface area contributed by atoms with Crippen LogP contribution in [0, 0.1) is 11.2 Å². The van der Waals surface area contributed by atoms with Crippen molar-refractivity contribution in [2.24, 2.45) is 5.41 Å². The maximum Gasteiger partial charge on any atom is 0.309 e. The van der Waals surface area contributed by atoms with Gasteiger partial charge in [-0.05, 0) is 49.9 Å². The second kappa shape index (κ2) is 4.33. The van der Waals surface area contributed by atoms with Crippen LogP contribution in [0.25, 0.3) is 0 Å². The van der Waals surface area contributed by atoms with E-state index in [-0.39, 0.29) is 11.7 Å². The molecule has 0 saturated heterocycles. The fourth-order valence-electron chi connectivity index (χ4n) is 2.12. The summed E-state index contributed by atoms with van der Waals surface area (Å²) in [4.78, 5) is 12.2. The standard InChI is InChI=1S/C13H15FO2S/c1-13(2,12(15)16)6-8-7-17-11-4-3-9(14)5-10(8)11/h3-5,8H,6-7H2,1-2H3,(H,15,16). The van der Waals surface area contributed by atoms with Crippen LogP contribution in [0.1, 0.15) is 31.7 Å². The van der Waals surface area contributed by atoms with E-state index in [9.17, 15) is 9.18 Å². The van der Waals surface area contributed by atoms with Crippen LogP contribution >= 0.6 is 11.8 Å². The van der Waals surface area contributed by atoms with Gasteiger partial charge in [0.25, 0.3) is 0 Å². The highest BCUT2D eigenvalue weighted by Gasteiger charge is 2.34. The largest absolute Gasteiger partial charge is 0.481 e. The lowest BCUT2D eigenvalue weighted by Crippen LogP contribution is -2.26. The van der Waals surface area contributed by atoms with Crippen molar-refractivity contribution in [1.82, 2.24) is 0 Å². The number of carbonyl (C=O) groups is 1. The van der Waals surface area contributed by atoms with E-state index < -0.39 is 11.4 Å². The van der Waals surface area contributed by atoms with Gasteiger partial charge in [-0.15, -0.1) is 11.8 Å². The van der Waals surface area contributed by atoms with Gasteiger partial charge < -0.3 is 5.11 Å². The van der Waals surface area contributed by atoms with E-state index >= 15 is 0 Å². The molecule has 0 spiro atoms. The van der Waals surface area contributed by atoms with E-state index in [0.29, 0.717) is 6.42 Å². The van der Waals surface area contributed by atoms with E-state index in [1.165, 1.54) is 12.1 Å². The Morgan fingerprint density at radius 2 is 2.29 bits per heavy atom. The minimum Gasteiger partial charge on any atom is -0.481 e. The third kappa shape index (κ3) is 2.46. The first kappa shape index (κ1) is 12.4. The van der Waals surface area contributed by atoms with Crippen LogP contribution in [-0.2, 0) is 4.79 Å². The number of hydrogen-bond donors (Lipinski definition) is 1. The van der Waals surface area contributed by atoms with Gasteiger partial charge in [-0.3, -0.25) is 4.79 Å². The van der Waals surface area contributed by atoms with Crippen LogP contribution in [0.15, 0.2) is 23.1 Å². The van der Waals surface area contributed by atoms with Crippen LogP contribution in [-0.4, -0.2) is 16.8 Å². The van der Waals surface area contributed by atoms with Crippen LogP contribution in [0.2, 0.25) is 0 Å². The summed E-state index contributed by atoms with van der Waals surface area (Å²) in [6.07, 6.45) is 0.547. The number of halogens is 1. The van der Waals surface area contributed by atoms with Crippen molar-refractivity contribution in [3.05, 3.63) is 29.6 Å². The first-order valence-electron chi connectivity index (χ1n) is 5.56. The molecule has 1 aliphatic heterocycles. The molecule has 1 heterocycles. The number of thioether (sulfide) groups is 1. The predicted octanol–water partition coefficient (Wildman–Crippen LogP) is 3.52. The Balaban J connectivity index is 2.23. The van der Waals surface area contributed by atoms with E-state index in [0.717, 1.165) is 16.2 Å². The lowest BCUT2D eigenvalue weighted by atomic mass is 9.81. The molecular formula is C13H15FO2S. The van der Waals surface area contributed by atoms with Gasteiger partial charge in [-0.1, -0.05) is 0 Å². The second-order valence-electron chi connectivity index (χ2n) is 5.08. The summed E-state index contributed by atoms with van der Waals surface area (Å²) in [5.74, 6) is -0.0660. The number of rotatable bonds is 3. The van der Waals surface area contributed by atoms with Crippen molar-refractivity contribution in [1.29, 1.82) is 0 Å². The van der Waals surface area contributed by atoms with Gasteiger partial charge in [-0.25, -0.2) is 4.39 Å². The highest BCUT2D eigenvalue weighted by molar-refractivity contribution is 7.99. The van der Waals surface area contributed by atoms with E-state index in [1.807, 2.05) is 0 Å². The number of carboxylic acids is 1. The molecule has 1 atom stereocenters. The molecule has 1 aromatic rings. The first-order chi connectivity index (χ1) is 7.90. The molecule has 1 unspecified atom stereocenters. The molecule has 0 aromatic heterocycles. The Kier molecular flexibility index (Phi) is 3.17. The van der Waals surface area contributed by atoms with E-state index in [2.05, 4.69) is 0 Å². The summed E-state index contributed by atoms with van der Waals surface area (Å²) in [6, 6.07) is 4.78. The van der Waals surface area contributed by atoms with Crippen molar-refractivity contribution in [3.8, 4) is 0 Å². The third-order valence-corrected chi connectivity index (χ3v) is 4.44. The molecule has 17 heavy (non-hydrogen) atoms. The number of carboxylic acid groups (broad SMARTS) is 1. The predicted molar refractivity (Wildman–Crippen MR) is 65.9 cm³/mol. The number of hydrogen-bond acceptors (Lipinski definition) is 2. The van der Waals surface area contributed by atoms with E-state index in [4.69, 9.17) is 5.11 Å². The molecule has 1 N–H and O–H groups in total. The molecule has 1 aliphatic rings. The highest BCUT2D eigenvalue weighted by atomic mass is 32.2. The van der Waals surface area contributed by atoms with Crippen molar-refractivity contribution in [2.75, 3.05) is 5.75 Å². The first-order valence-corrected chi connectivity index (χ1v) is 6.54. The van der Waals surface area contributed by atoms with Crippen LogP contribution in [0.4, 0.5) is 4.39 Å². The summed E-state index contributed by atoms with van der Waals surface area (Å²) in [7, 11) is 0. The van der Waals surface area contributed by atoms with E-state index in [1.54, 1.807) is 31.7 Å². The molecule has 0 amide bonds. The van der Waals surface area contributed by atoms with Gasteiger partial charge in [0.1, 0.15) is 5.82 Å². The van der Waals surface area contributed by atoms with Gasteiger partial charge in [0.05, 0.1) is 5.41 Å². The summed E-state index contributed by atoms with van der Waals surface area (Å²) in [6.45, 7) is 3.44. The number of fused-ring (bicyclic) bond motifs is 1. The minimum absolute atomic E-state index is 0.136. The maximum atomic E-state index is 13.2. The lowest BCUT2D eigenvalue weighted by Gasteiger charge is -2.23. The molecule has 0 saturated carbocycles. The van der Waals surface area contributed by atoms with Gasteiger partial charge in [0.15, 0.2) is 0 Å². The van der Waals surface area contributed by atoms with Gasteiger partial charge >= 0.3 is 5.97 Å². The molecule has 0 aliphatic carbocycles. The fourth-order valence-corrected chi connectivity index (χ4v) is 3.36. The summed E-state index contributed by atoms with van der Waals surface area (Å²) in [5.41, 5.74) is 0.198. The zero-order valence-corrected chi connectivity index (χ0v) is 10.7. The smallest absolute Gasteiger partial charge is 0.309 e. The summed E-state index contributed by atoms with van der Waals surface area (Å²) in [5, 5.41) is 9.12. The molecule has 1 aromatic carbocycles. The molecule has 0 bridgehead atoms. The van der Waals surface area contributed by atoms with Crippen molar-refractivity contribution < 1.29 is 14.3 Å². The maximum absolute atomic E-state index is 13.2. The molecule has 2 nitrogen and oxygen atoms in total. The Morgan fingerprint density at radius 1 is 1.59 bits per heavy atom. The number of aliphatic carboxylic acids is 1. The molecule has 2 rings (SSSR count). The second-order valence-corrected chi connectivity index (χ2v) is 6.15. The zero-order chi connectivity index (χ0) is 12.6. The quantitative estimate of drug-likeness (QED) is 0.896. The average molecular weight is 254 g/mol. The van der Waals surface area contributed by atoms with Crippen molar-refractivity contribution >= 4 is 17.7 Å². The molecule has 92 valence electrons. The Morgan fingerprint density at radius 3 is 2.94 bits per heavy atom. The highest BCUT2D eigenvalue weighted by Crippen LogP contribution is 2.45. The topological polar surface area (TPSA) is 37.3 Å². The molecule has 0 fully saturated rings. The normalized spacial score (nSPS) is 19.1. The molecule has 0 radical (unpaired) electrons. The molecular weight excluding hydrogens is 239 g/mol. The summed E-state index contributed by atoms with van der Waals surface area (Å²) >= 11 is 1.68. The number of benzene rings is 1. The van der Waals surface area contributed by atoms with Gasteiger partial charge in [0.2, 0.25) is 0 Å². The summed E-state index contributed by atoms with van der Waals surface area (Å²) < 4.78 is 13.2. The van der Waals surface area contributed by atoms with Gasteiger partial charge in [0, 0.05) is 10.6 Å². The van der Waals surface area contributed by atoms with Crippen LogP contribution in [0.3, 0.4) is 0 Å². The fraction of sp³-hybridized carbons (Fsp3) is 0.462. The lowest BCUT2D eigenvalue weighted by molar-refractivity contribution is -0.147. The molecule has 4 heteroatoms. The monoisotopic (exact) mass is 254 g/mol. The minimum atomic E-state index is -0.799. The van der Waals surface area contributed by atoms with Gasteiger partial charge in [-0.2, -0.15) is 0 Å². The SMILES string of the molecule is CC(C)(CC1CSc2ccc(F)cc21)C(=O)O.